The van der Waals surface area contributed by atoms with E-state index < -0.39 is 0 Å². The first kappa shape index (κ1) is 15.7. The van der Waals surface area contributed by atoms with Gasteiger partial charge in [0.2, 0.25) is 0 Å². The molecule has 0 radical (unpaired) electrons. The van der Waals surface area contributed by atoms with Crippen molar-refractivity contribution in [3.63, 3.8) is 0 Å². The Hall–Kier alpha value is -0.810. The molecule has 0 amide bonds. The molecule has 5 nitrogen and oxygen atoms in total. The van der Waals surface area contributed by atoms with Crippen LogP contribution >= 0.6 is 0 Å². The fourth-order valence-electron chi connectivity index (χ4n) is 5.23. The van der Waals surface area contributed by atoms with E-state index in [4.69, 9.17) is 9.47 Å². The summed E-state index contributed by atoms with van der Waals surface area (Å²) in [4.78, 5) is 4.46. The summed E-state index contributed by atoms with van der Waals surface area (Å²) in [7, 11) is 1.89. The van der Waals surface area contributed by atoms with E-state index in [0.29, 0.717) is 23.5 Å². The lowest BCUT2D eigenvalue weighted by molar-refractivity contribution is -0.171. The number of ether oxygens (including phenoxy) is 2. The summed E-state index contributed by atoms with van der Waals surface area (Å²) in [5, 5.41) is 7.28. The van der Waals surface area contributed by atoms with Crippen LogP contribution in [0.5, 0.6) is 0 Å². The van der Waals surface area contributed by atoms with Crippen LogP contribution in [0, 0.1) is 17.3 Å². The molecule has 130 valence electrons. The Balaban J connectivity index is 1.27. The molecular formula is C18H31N3O2. The minimum atomic E-state index is 0.416. The maximum absolute atomic E-state index is 6.00. The predicted octanol–water partition coefficient (Wildman–Crippen LogP) is 1.93. The van der Waals surface area contributed by atoms with Gasteiger partial charge in [-0.15, -0.1) is 0 Å². The lowest BCUT2D eigenvalue weighted by atomic mass is 9.46. The second kappa shape index (κ2) is 6.60. The van der Waals surface area contributed by atoms with E-state index in [1.54, 1.807) is 0 Å². The fraction of sp³-hybridized carbons (Fsp3) is 0.944. The molecule has 4 aliphatic rings. The van der Waals surface area contributed by atoms with Gasteiger partial charge in [0.15, 0.2) is 5.96 Å². The number of hydrogen-bond acceptors (Lipinski definition) is 3. The van der Waals surface area contributed by atoms with E-state index in [1.165, 1.54) is 44.9 Å². The largest absolute Gasteiger partial charge is 0.381 e. The van der Waals surface area contributed by atoms with Crippen LogP contribution in [0.25, 0.3) is 0 Å². The Kier molecular flexibility index (Phi) is 4.50. The monoisotopic (exact) mass is 321 g/mol. The Morgan fingerprint density at radius 1 is 1.17 bits per heavy atom. The quantitative estimate of drug-likeness (QED) is 0.614. The minimum absolute atomic E-state index is 0.416. The Morgan fingerprint density at radius 2 is 2.00 bits per heavy atom. The molecule has 0 aromatic carbocycles. The highest BCUT2D eigenvalue weighted by atomic mass is 16.5. The van der Waals surface area contributed by atoms with E-state index in [0.717, 1.165) is 38.2 Å². The van der Waals surface area contributed by atoms with Crippen LogP contribution in [0.2, 0.25) is 0 Å². The second-order valence-corrected chi connectivity index (χ2v) is 7.80. The number of nitrogens with zero attached hydrogens (tertiary/aromatic N) is 1. The molecule has 2 N–H and O–H groups in total. The Labute approximate surface area is 139 Å². The highest BCUT2D eigenvalue weighted by molar-refractivity contribution is 5.80. The van der Waals surface area contributed by atoms with Gasteiger partial charge in [0, 0.05) is 50.8 Å². The van der Waals surface area contributed by atoms with Crippen molar-refractivity contribution in [1.29, 1.82) is 0 Å². The van der Waals surface area contributed by atoms with Crippen molar-refractivity contribution >= 4 is 5.96 Å². The standard InChI is InChI=1S/C18H31N3O2/c1-19-17(20-9-3-13-4-10-22-11-5-13)21-15-14-6-12-23-16(14)18(15)7-2-8-18/h13-16H,2-12H2,1H3,(H2,19,20,21). The normalized spacial score (nSPS) is 36.2. The smallest absolute Gasteiger partial charge is 0.191 e. The van der Waals surface area contributed by atoms with E-state index >= 15 is 0 Å². The first-order chi connectivity index (χ1) is 11.3. The van der Waals surface area contributed by atoms with Gasteiger partial charge in [-0.1, -0.05) is 6.42 Å². The van der Waals surface area contributed by atoms with E-state index in [1.807, 2.05) is 7.05 Å². The van der Waals surface area contributed by atoms with Crippen molar-refractivity contribution < 1.29 is 9.47 Å². The SMILES string of the molecule is CN=C(NCCC1CCOCC1)NC1C2CCOC2C12CCC2. The second-order valence-electron chi connectivity index (χ2n) is 7.80. The van der Waals surface area contributed by atoms with E-state index in [2.05, 4.69) is 15.6 Å². The Bertz CT molecular complexity index is 444. The molecule has 2 heterocycles. The topological polar surface area (TPSA) is 54.9 Å². The zero-order valence-corrected chi connectivity index (χ0v) is 14.4. The van der Waals surface area contributed by atoms with Crippen molar-refractivity contribution in [2.45, 2.75) is 57.1 Å². The number of aliphatic imine (C=N–C) groups is 1. The maximum Gasteiger partial charge on any atom is 0.191 e. The molecule has 0 bridgehead atoms. The van der Waals surface area contributed by atoms with E-state index in [9.17, 15) is 0 Å². The van der Waals surface area contributed by atoms with Crippen LogP contribution in [-0.2, 0) is 9.47 Å². The number of hydrogen-bond donors (Lipinski definition) is 2. The molecular weight excluding hydrogens is 290 g/mol. The average molecular weight is 321 g/mol. The fourth-order valence-corrected chi connectivity index (χ4v) is 5.23. The van der Waals surface area contributed by atoms with Gasteiger partial charge in [-0.25, -0.2) is 0 Å². The maximum atomic E-state index is 6.00. The highest BCUT2D eigenvalue weighted by Crippen LogP contribution is 2.62. The lowest BCUT2D eigenvalue weighted by Gasteiger charge is -2.63. The van der Waals surface area contributed by atoms with E-state index in [-0.39, 0.29) is 0 Å². The summed E-state index contributed by atoms with van der Waals surface area (Å²) in [6.07, 6.45) is 9.38. The van der Waals surface area contributed by atoms with Gasteiger partial charge < -0.3 is 20.1 Å². The molecule has 2 aliphatic carbocycles. The van der Waals surface area contributed by atoms with Crippen LogP contribution in [-0.4, -0.2) is 51.5 Å². The van der Waals surface area contributed by atoms with Gasteiger partial charge in [0.25, 0.3) is 0 Å². The third-order valence-electron chi connectivity index (χ3n) is 6.74. The number of fused-ring (bicyclic) bond motifs is 2. The first-order valence-corrected chi connectivity index (χ1v) is 9.50. The summed E-state index contributed by atoms with van der Waals surface area (Å²) < 4.78 is 11.4. The first-order valence-electron chi connectivity index (χ1n) is 9.50. The molecule has 23 heavy (non-hydrogen) atoms. The number of guanidine groups is 1. The molecule has 2 saturated heterocycles. The molecule has 0 aromatic rings. The van der Waals surface area contributed by atoms with Crippen LogP contribution < -0.4 is 10.6 Å². The minimum Gasteiger partial charge on any atom is -0.381 e. The van der Waals surface area contributed by atoms with Gasteiger partial charge in [-0.2, -0.15) is 0 Å². The molecule has 0 aromatic heterocycles. The molecule has 4 rings (SSSR count). The molecule has 1 spiro atoms. The highest BCUT2D eigenvalue weighted by Gasteiger charge is 2.66. The zero-order chi connectivity index (χ0) is 15.7. The Morgan fingerprint density at radius 3 is 2.70 bits per heavy atom. The van der Waals surface area contributed by atoms with Crippen molar-refractivity contribution in [3.8, 4) is 0 Å². The molecule has 3 unspecified atom stereocenters. The van der Waals surface area contributed by atoms with Crippen LogP contribution in [0.1, 0.15) is 44.9 Å². The van der Waals surface area contributed by atoms with Gasteiger partial charge >= 0.3 is 0 Å². The number of rotatable bonds is 4. The zero-order valence-electron chi connectivity index (χ0n) is 14.4. The summed E-state index contributed by atoms with van der Waals surface area (Å²) in [5.74, 6) is 2.49. The molecule has 4 fully saturated rings. The van der Waals surface area contributed by atoms with Crippen LogP contribution in [0.15, 0.2) is 4.99 Å². The van der Waals surface area contributed by atoms with Gasteiger partial charge in [0.1, 0.15) is 0 Å². The van der Waals surface area contributed by atoms with Crippen LogP contribution in [0.3, 0.4) is 0 Å². The summed E-state index contributed by atoms with van der Waals surface area (Å²) in [5.41, 5.74) is 0.416. The summed E-state index contributed by atoms with van der Waals surface area (Å²) in [6, 6.07) is 0.568. The third-order valence-corrected chi connectivity index (χ3v) is 6.74. The van der Waals surface area contributed by atoms with Crippen molar-refractivity contribution in [1.82, 2.24) is 10.6 Å². The van der Waals surface area contributed by atoms with Crippen LogP contribution in [0.4, 0.5) is 0 Å². The molecule has 2 aliphatic heterocycles. The summed E-state index contributed by atoms with van der Waals surface area (Å²) >= 11 is 0. The van der Waals surface area contributed by atoms with Crippen molar-refractivity contribution in [2.75, 3.05) is 33.4 Å². The van der Waals surface area contributed by atoms with Gasteiger partial charge in [0.05, 0.1) is 6.10 Å². The molecule has 5 heteroatoms. The lowest BCUT2D eigenvalue weighted by Crippen LogP contribution is -2.72. The van der Waals surface area contributed by atoms with Crippen molar-refractivity contribution in [3.05, 3.63) is 0 Å². The third kappa shape index (κ3) is 2.76. The number of nitrogens with one attached hydrogen (secondary N) is 2. The van der Waals surface area contributed by atoms with Gasteiger partial charge in [-0.3, -0.25) is 4.99 Å². The molecule has 3 atom stereocenters. The molecule has 2 saturated carbocycles. The van der Waals surface area contributed by atoms with Gasteiger partial charge in [-0.05, 0) is 44.4 Å². The average Bonchev–Trinajstić information content (AvgIpc) is 2.95. The summed E-state index contributed by atoms with van der Waals surface area (Å²) in [6.45, 7) is 3.83. The van der Waals surface area contributed by atoms with Crippen molar-refractivity contribution in [2.24, 2.45) is 22.2 Å². The predicted molar refractivity (Wildman–Crippen MR) is 90.6 cm³/mol.